The number of nitrogens with one attached hydrogen (secondary N) is 2. The second-order valence-electron chi connectivity index (χ2n) is 6.25. The van der Waals surface area contributed by atoms with Crippen molar-refractivity contribution in [1.82, 2.24) is 25.6 Å². The minimum atomic E-state index is -0.411. The normalized spacial score (nSPS) is 10.4. The number of aromatic nitrogens is 3. The minimum Gasteiger partial charge on any atom is -0.497 e. The van der Waals surface area contributed by atoms with Gasteiger partial charge < -0.3 is 9.30 Å². The molecule has 0 unspecified atom stereocenters. The molecular formula is C20H21N5O3S. The van der Waals surface area contributed by atoms with Crippen LogP contribution in [0.2, 0.25) is 0 Å². The first-order valence-electron chi connectivity index (χ1n) is 8.80. The molecule has 0 saturated carbocycles. The molecule has 1 heterocycles. The molecule has 0 aliphatic carbocycles. The van der Waals surface area contributed by atoms with Crippen LogP contribution >= 0.6 is 11.8 Å². The summed E-state index contributed by atoms with van der Waals surface area (Å²) in [5, 5.41) is 8.97. The summed E-state index contributed by atoms with van der Waals surface area (Å²) in [5.74, 6) is 0.700. The van der Waals surface area contributed by atoms with Crippen LogP contribution in [-0.2, 0) is 11.8 Å². The van der Waals surface area contributed by atoms with Gasteiger partial charge in [-0.05, 0) is 37.3 Å². The van der Waals surface area contributed by atoms with E-state index in [0.717, 1.165) is 17.0 Å². The molecule has 0 radical (unpaired) electrons. The molecule has 0 aliphatic rings. The van der Waals surface area contributed by atoms with Crippen molar-refractivity contribution in [1.29, 1.82) is 0 Å². The van der Waals surface area contributed by atoms with Crippen molar-refractivity contribution in [3.05, 3.63) is 59.7 Å². The topological polar surface area (TPSA) is 98.1 Å². The Labute approximate surface area is 172 Å². The number of carbonyl (C=O) groups excluding carboxylic acids is 2. The molecule has 0 spiro atoms. The van der Waals surface area contributed by atoms with Crippen LogP contribution in [0, 0.1) is 6.92 Å². The zero-order valence-electron chi connectivity index (χ0n) is 16.3. The Morgan fingerprint density at radius 2 is 1.86 bits per heavy atom. The quantitative estimate of drug-likeness (QED) is 0.477. The number of carbonyl (C=O) groups is 2. The van der Waals surface area contributed by atoms with Crippen molar-refractivity contribution in [3.63, 3.8) is 0 Å². The Balaban J connectivity index is 1.52. The molecule has 0 bridgehead atoms. The molecule has 2 N–H and O–H groups in total. The number of nitrogens with zero attached hydrogens (tertiary/aromatic N) is 3. The van der Waals surface area contributed by atoms with Gasteiger partial charge in [0.05, 0.1) is 12.9 Å². The number of hydrogen-bond donors (Lipinski definition) is 2. The van der Waals surface area contributed by atoms with Gasteiger partial charge in [0, 0.05) is 18.2 Å². The Kier molecular flexibility index (Phi) is 6.50. The molecule has 0 saturated heterocycles. The Morgan fingerprint density at radius 1 is 1.10 bits per heavy atom. The first-order chi connectivity index (χ1) is 14.0. The van der Waals surface area contributed by atoms with Gasteiger partial charge in [0.1, 0.15) is 5.75 Å². The fourth-order valence-corrected chi connectivity index (χ4v) is 3.29. The third-order valence-electron chi connectivity index (χ3n) is 4.11. The van der Waals surface area contributed by atoms with Crippen LogP contribution in [0.3, 0.4) is 0 Å². The van der Waals surface area contributed by atoms with E-state index in [0.29, 0.717) is 16.5 Å². The third kappa shape index (κ3) is 5.14. The van der Waals surface area contributed by atoms with Crippen LogP contribution in [0.1, 0.15) is 15.9 Å². The summed E-state index contributed by atoms with van der Waals surface area (Å²) in [6, 6.07) is 14.5. The van der Waals surface area contributed by atoms with Crippen LogP contribution in [-0.4, -0.2) is 39.4 Å². The first kappa shape index (κ1) is 20.4. The monoisotopic (exact) mass is 411 g/mol. The molecule has 150 valence electrons. The predicted octanol–water partition coefficient (Wildman–Crippen LogP) is 2.35. The van der Waals surface area contributed by atoms with Crippen LogP contribution < -0.4 is 15.6 Å². The average molecular weight is 411 g/mol. The van der Waals surface area contributed by atoms with Gasteiger partial charge in [-0.2, -0.15) is 0 Å². The van der Waals surface area contributed by atoms with E-state index in [1.807, 2.05) is 42.8 Å². The molecule has 1 aromatic heterocycles. The van der Waals surface area contributed by atoms with Gasteiger partial charge in [0.2, 0.25) is 5.91 Å². The van der Waals surface area contributed by atoms with Crippen molar-refractivity contribution >= 4 is 23.6 Å². The zero-order chi connectivity index (χ0) is 20.8. The number of thioether (sulfide) groups is 1. The zero-order valence-corrected chi connectivity index (χ0v) is 17.1. The smallest absolute Gasteiger partial charge is 0.269 e. The summed E-state index contributed by atoms with van der Waals surface area (Å²) < 4.78 is 6.89. The summed E-state index contributed by atoms with van der Waals surface area (Å²) in [5.41, 5.74) is 7.29. The molecule has 3 aromatic rings. The highest BCUT2D eigenvalue weighted by Gasteiger charge is 2.14. The highest BCUT2D eigenvalue weighted by atomic mass is 32.2. The summed E-state index contributed by atoms with van der Waals surface area (Å²) in [6.45, 7) is 2.01. The molecule has 0 aliphatic heterocycles. The molecule has 9 heteroatoms. The highest BCUT2D eigenvalue weighted by molar-refractivity contribution is 7.99. The second kappa shape index (κ2) is 9.24. The lowest BCUT2D eigenvalue weighted by molar-refractivity contribution is -0.119. The fraction of sp³-hybridized carbons (Fsp3) is 0.200. The Bertz CT molecular complexity index is 1020. The van der Waals surface area contributed by atoms with E-state index >= 15 is 0 Å². The minimum absolute atomic E-state index is 0.0860. The molecule has 3 rings (SSSR count). The number of ether oxygens (including phenoxy) is 1. The Hall–Kier alpha value is -3.33. The summed E-state index contributed by atoms with van der Waals surface area (Å²) in [6.07, 6.45) is 0. The predicted molar refractivity (Wildman–Crippen MR) is 111 cm³/mol. The second-order valence-corrected chi connectivity index (χ2v) is 7.20. The molecule has 29 heavy (non-hydrogen) atoms. The standard InChI is InChI=1S/C20H21N5O3S/c1-13-5-4-6-15(11-13)18-22-24-20(25(18)2)29-12-17(26)21-23-19(27)14-7-9-16(28-3)10-8-14/h4-11H,12H2,1-3H3,(H,21,26)(H,23,27). The van der Waals surface area contributed by atoms with Gasteiger partial charge in [-0.1, -0.05) is 35.5 Å². The number of methoxy groups -OCH3 is 1. The molecule has 0 fully saturated rings. The van der Waals surface area contributed by atoms with E-state index in [9.17, 15) is 9.59 Å². The number of aryl methyl sites for hydroxylation is 1. The van der Waals surface area contributed by atoms with Crippen LogP contribution in [0.4, 0.5) is 0 Å². The number of rotatable bonds is 6. The van der Waals surface area contributed by atoms with Gasteiger partial charge in [-0.3, -0.25) is 20.4 Å². The summed E-state index contributed by atoms with van der Waals surface area (Å²) in [7, 11) is 3.40. The van der Waals surface area contributed by atoms with E-state index in [4.69, 9.17) is 4.74 Å². The van der Waals surface area contributed by atoms with Crippen LogP contribution in [0.25, 0.3) is 11.4 Å². The maximum absolute atomic E-state index is 12.1. The lowest BCUT2D eigenvalue weighted by atomic mass is 10.1. The number of hydrogen-bond acceptors (Lipinski definition) is 6. The van der Waals surface area contributed by atoms with Crippen molar-refractivity contribution in [2.75, 3.05) is 12.9 Å². The molecule has 0 atom stereocenters. The van der Waals surface area contributed by atoms with Crippen molar-refractivity contribution in [2.24, 2.45) is 7.05 Å². The molecule has 8 nitrogen and oxygen atoms in total. The van der Waals surface area contributed by atoms with Gasteiger partial charge in [0.25, 0.3) is 5.91 Å². The van der Waals surface area contributed by atoms with Gasteiger partial charge in [-0.25, -0.2) is 0 Å². The highest BCUT2D eigenvalue weighted by Crippen LogP contribution is 2.23. The van der Waals surface area contributed by atoms with Crippen LogP contribution in [0.5, 0.6) is 5.75 Å². The number of amides is 2. The van der Waals surface area contributed by atoms with E-state index < -0.39 is 5.91 Å². The van der Waals surface area contributed by atoms with E-state index in [-0.39, 0.29) is 11.7 Å². The maximum atomic E-state index is 12.1. The third-order valence-corrected chi connectivity index (χ3v) is 5.13. The number of benzene rings is 2. The largest absolute Gasteiger partial charge is 0.497 e. The first-order valence-corrected chi connectivity index (χ1v) is 9.79. The van der Waals surface area contributed by atoms with Gasteiger partial charge in [-0.15, -0.1) is 10.2 Å². The molecular weight excluding hydrogens is 390 g/mol. The fourth-order valence-electron chi connectivity index (χ4n) is 2.58. The lowest BCUT2D eigenvalue weighted by Gasteiger charge is -2.08. The van der Waals surface area contributed by atoms with E-state index in [1.54, 1.807) is 31.4 Å². The maximum Gasteiger partial charge on any atom is 0.269 e. The SMILES string of the molecule is COc1ccc(C(=O)NNC(=O)CSc2nnc(-c3cccc(C)c3)n2C)cc1. The van der Waals surface area contributed by atoms with Crippen molar-refractivity contribution < 1.29 is 14.3 Å². The molecule has 2 amide bonds. The average Bonchev–Trinajstić information content (AvgIpc) is 3.11. The molecule has 2 aromatic carbocycles. The Morgan fingerprint density at radius 3 is 2.55 bits per heavy atom. The lowest BCUT2D eigenvalue weighted by Crippen LogP contribution is -2.42. The summed E-state index contributed by atoms with van der Waals surface area (Å²) in [4.78, 5) is 24.1. The summed E-state index contributed by atoms with van der Waals surface area (Å²) >= 11 is 1.24. The van der Waals surface area contributed by atoms with Gasteiger partial charge in [0.15, 0.2) is 11.0 Å². The van der Waals surface area contributed by atoms with E-state index in [1.165, 1.54) is 11.8 Å². The van der Waals surface area contributed by atoms with Crippen LogP contribution in [0.15, 0.2) is 53.7 Å². The van der Waals surface area contributed by atoms with Gasteiger partial charge >= 0.3 is 0 Å². The number of hydrazine groups is 1. The van der Waals surface area contributed by atoms with Crippen molar-refractivity contribution in [3.8, 4) is 17.1 Å². The van der Waals surface area contributed by atoms with E-state index in [2.05, 4.69) is 21.0 Å². The van der Waals surface area contributed by atoms with Crippen molar-refractivity contribution in [2.45, 2.75) is 12.1 Å².